The highest BCUT2D eigenvalue weighted by Crippen LogP contribution is 2.38. The van der Waals surface area contributed by atoms with Crippen LogP contribution in [0.2, 0.25) is 0 Å². The van der Waals surface area contributed by atoms with Crippen LogP contribution in [0, 0.1) is 0 Å². The van der Waals surface area contributed by atoms with E-state index in [1.807, 2.05) is 0 Å². The summed E-state index contributed by atoms with van der Waals surface area (Å²) in [6, 6.07) is 8.30. The number of anilines is 1. The number of aryl methyl sites for hydroxylation is 1. The number of nitrogens with one attached hydrogen (secondary N) is 2. The molecule has 1 aromatic heterocycles. The predicted molar refractivity (Wildman–Crippen MR) is 110 cm³/mol. The lowest BCUT2D eigenvalue weighted by molar-refractivity contribution is 0.252. The summed E-state index contributed by atoms with van der Waals surface area (Å²) < 4.78 is 0. The zero-order valence-corrected chi connectivity index (χ0v) is 16.8. The van der Waals surface area contributed by atoms with E-state index in [0.717, 1.165) is 36.4 Å². The largest absolute Gasteiger partial charge is 0.334 e. The monoisotopic (exact) mass is 371 g/mol. The van der Waals surface area contributed by atoms with E-state index < -0.39 is 0 Å². The molecule has 0 saturated heterocycles. The molecule has 2 N–H and O–H groups in total. The molecule has 2 amide bonds. The fourth-order valence-electron chi connectivity index (χ4n) is 3.56. The average molecular weight is 372 g/mol. The number of carbonyl (C=O) groups excluding carboxylic acids is 1. The third-order valence-electron chi connectivity index (χ3n) is 4.84. The second-order valence-corrected chi connectivity index (χ2v) is 8.34. The minimum atomic E-state index is -0.115. The van der Waals surface area contributed by atoms with Gasteiger partial charge in [-0.3, -0.25) is 5.32 Å². The number of benzene rings is 1. The maximum Gasteiger partial charge on any atom is 0.320 e. The van der Waals surface area contributed by atoms with E-state index in [1.54, 1.807) is 11.3 Å². The molecule has 0 spiro atoms. The van der Waals surface area contributed by atoms with E-state index in [4.69, 9.17) is 0 Å². The van der Waals surface area contributed by atoms with Gasteiger partial charge in [-0.2, -0.15) is 0 Å². The number of fused-ring (bicyclic) bond motifs is 1. The molecule has 1 aromatic carbocycles. The molecule has 0 aliphatic heterocycles. The van der Waals surface area contributed by atoms with Crippen LogP contribution < -0.4 is 10.6 Å². The zero-order valence-electron chi connectivity index (χ0n) is 16.0. The van der Waals surface area contributed by atoms with Crippen LogP contribution in [0.15, 0.2) is 24.3 Å². The smallest absolute Gasteiger partial charge is 0.320 e. The van der Waals surface area contributed by atoms with Crippen molar-refractivity contribution < 1.29 is 4.79 Å². The zero-order chi connectivity index (χ0) is 18.5. The van der Waals surface area contributed by atoms with Gasteiger partial charge in [0, 0.05) is 18.0 Å². The van der Waals surface area contributed by atoms with Gasteiger partial charge in [0.2, 0.25) is 0 Å². The molecule has 5 heteroatoms. The molecule has 26 heavy (non-hydrogen) atoms. The number of rotatable bonds is 6. The lowest BCUT2D eigenvalue weighted by Gasteiger charge is -2.12. The Morgan fingerprint density at radius 1 is 1.12 bits per heavy atom. The van der Waals surface area contributed by atoms with Crippen molar-refractivity contribution in [2.45, 2.75) is 52.1 Å². The summed E-state index contributed by atoms with van der Waals surface area (Å²) in [5.41, 5.74) is 5.23. The Morgan fingerprint density at radius 3 is 2.50 bits per heavy atom. The van der Waals surface area contributed by atoms with E-state index in [-0.39, 0.29) is 6.03 Å². The SMILES string of the molecule is CCc1c(NC(=O)NCc2ccc(CN(C)C)cc2)sc2c1CCCC2. The lowest BCUT2D eigenvalue weighted by Crippen LogP contribution is -2.28. The van der Waals surface area contributed by atoms with Gasteiger partial charge in [0.05, 0.1) is 0 Å². The van der Waals surface area contributed by atoms with Crippen LogP contribution in [-0.4, -0.2) is 25.0 Å². The first-order valence-corrected chi connectivity index (χ1v) is 10.3. The van der Waals surface area contributed by atoms with Crippen molar-refractivity contribution in [2.75, 3.05) is 19.4 Å². The van der Waals surface area contributed by atoms with Crippen LogP contribution in [0.25, 0.3) is 0 Å². The molecular weight excluding hydrogens is 342 g/mol. The molecule has 1 heterocycles. The maximum absolute atomic E-state index is 12.4. The molecule has 1 aliphatic rings. The highest BCUT2D eigenvalue weighted by Gasteiger charge is 2.20. The molecule has 140 valence electrons. The van der Waals surface area contributed by atoms with Gasteiger partial charge in [-0.1, -0.05) is 31.2 Å². The standard InChI is InChI=1S/C21H29N3OS/c1-4-17-18-7-5-6-8-19(18)26-20(17)23-21(25)22-13-15-9-11-16(12-10-15)14-24(2)3/h9-12H,4-8,13-14H2,1-3H3,(H2,22,23,25). The van der Waals surface area contributed by atoms with Crippen LogP contribution in [-0.2, 0) is 32.4 Å². The first-order valence-electron chi connectivity index (χ1n) is 9.47. The Morgan fingerprint density at radius 2 is 1.81 bits per heavy atom. The number of urea groups is 1. The van der Waals surface area contributed by atoms with Crippen molar-refractivity contribution in [3.05, 3.63) is 51.4 Å². The number of hydrogen-bond donors (Lipinski definition) is 2. The number of thiophene rings is 1. The van der Waals surface area contributed by atoms with Gasteiger partial charge in [-0.05, 0) is 68.5 Å². The van der Waals surface area contributed by atoms with E-state index in [2.05, 4.69) is 60.8 Å². The van der Waals surface area contributed by atoms with Gasteiger partial charge in [-0.25, -0.2) is 4.79 Å². The fourth-order valence-corrected chi connectivity index (χ4v) is 4.94. The Balaban J connectivity index is 1.57. The Kier molecular flexibility index (Phi) is 6.33. The molecule has 0 unspecified atom stereocenters. The van der Waals surface area contributed by atoms with Gasteiger partial charge in [0.1, 0.15) is 5.00 Å². The Labute approximate surface area is 160 Å². The molecule has 2 aromatic rings. The van der Waals surface area contributed by atoms with Crippen molar-refractivity contribution in [1.82, 2.24) is 10.2 Å². The van der Waals surface area contributed by atoms with Gasteiger partial charge < -0.3 is 10.2 Å². The molecular formula is C21H29N3OS. The van der Waals surface area contributed by atoms with Crippen molar-refractivity contribution >= 4 is 22.4 Å². The minimum absolute atomic E-state index is 0.115. The first-order chi connectivity index (χ1) is 12.6. The molecule has 3 rings (SSSR count). The molecule has 0 bridgehead atoms. The average Bonchev–Trinajstić information content (AvgIpc) is 2.97. The normalized spacial score (nSPS) is 13.5. The summed E-state index contributed by atoms with van der Waals surface area (Å²) in [6.45, 7) is 3.65. The Bertz CT molecular complexity index is 749. The van der Waals surface area contributed by atoms with E-state index in [9.17, 15) is 4.79 Å². The molecule has 0 atom stereocenters. The van der Waals surface area contributed by atoms with E-state index in [0.29, 0.717) is 6.54 Å². The highest BCUT2D eigenvalue weighted by atomic mass is 32.1. The van der Waals surface area contributed by atoms with Gasteiger partial charge >= 0.3 is 6.03 Å². The molecule has 1 aliphatic carbocycles. The van der Waals surface area contributed by atoms with Crippen LogP contribution in [0.4, 0.5) is 9.80 Å². The minimum Gasteiger partial charge on any atom is -0.334 e. The summed E-state index contributed by atoms with van der Waals surface area (Å²) in [5, 5.41) is 7.11. The number of nitrogens with zero attached hydrogens (tertiary/aromatic N) is 1. The number of amides is 2. The second-order valence-electron chi connectivity index (χ2n) is 7.23. The summed E-state index contributed by atoms with van der Waals surface area (Å²) in [6.07, 6.45) is 5.85. The Hall–Kier alpha value is -1.85. The first kappa shape index (κ1) is 18.9. The van der Waals surface area contributed by atoms with Crippen LogP contribution in [0.3, 0.4) is 0 Å². The molecule has 0 radical (unpaired) electrons. The van der Waals surface area contributed by atoms with Gasteiger partial charge in [0.25, 0.3) is 0 Å². The fraction of sp³-hybridized carbons (Fsp3) is 0.476. The molecule has 0 fully saturated rings. The second kappa shape index (κ2) is 8.69. The number of carbonyl (C=O) groups is 1. The van der Waals surface area contributed by atoms with Crippen LogP contribution in [0.5, 0.6) is 0 Å². The highest BCUT2D eigenvalue weighted by molar-refractivity contribution is 7.16. The summed E-state index contributed by atoms with van der Waals surface area (Å²) in [5.74, 6) is 0. The van der Waals surface area contributed by atoms with Crippen LogP contribution in [0.1, 0.15) is 46.9 Å². The third kappa shape index (κ3) is 4.65. The van der Waals surface area contributed by atoms with E-state index >= 15 is 0 Å². The third-order valence-corrected chi connectivity index (χ3v) is 6.09. The van der Waals surface area contributed by atoms with Crippen molar-refractivity contribution in [3.8, 4) is 0 Å². The van der Waals surface area contributed by atoms with E-state index in [1.165, 1.54) is 34.4 Å². The van der Waals surface area contributed by atoms with Crippen molar-refractivity contribution in [2.24, 2.45) is 0 Å². The van der Waals surface area contributed by atoms with Crippen molar-refractivity contribution in [1.29, 1.82) is 0 Å². The predicted octanol–water partition coefficient (Wildman–Crippen LogP) is 4.57. The maximum atomic E-state index is 12.4. The lowest BCUT2D eigenvalue weighted by atomic mass is 9.94. The van der Waals surface area contributed by atoms with Gasteiger partial charge in [-0.15, -0.1) is 11.3 Å². The van der Waals surface area contributed by atoms with Gasteiger partial charge in [0.15, 0.2) is 0 Å². The summed E-state index contributed by atoms with van der Waals surface area (Å²) >= 11 is 1.77. The molecule has 4 nitrogen and oxygen atoms in total. The number of hydrogen-bond acceptors (Lipinski definition) is 3. The molecule has 0 saturated carbocycles. The topological polar surface area (TPSA) is 44.4 Å². The van der Waals surface area contributed by atoms with Crippen LogP contribution >= 0.6 is 11.3 Å². The van der Waals surface area contributed by atoms with Crippen molar-refractivity contribution in [3.63, 3.8) is 0 Å². The summed E-state index contributed by atoms with van der Waals surface area (Å²) in [4.78, 5) is 16.0. The quantitative estimate of drug-likeness (QED) is 0.781. The summed E-state index contributed by atoms with van der Waals surface area (Å²) in [7, 11) is 4.12.